The molecule has 0 aliphatic carbocycles. The summed E-state index contributed by atoms with van der Waals surface area (Å²) in [5.41, 5.74) is 2.35. The van der Waals surface area contributed by atoms with Crippen LogP contribution in [-0.4, -0.2) is 21.9 Å². The first-order valence-electron chi connectivity index (χ1n) is 7.75. The second kappa shape index (κ2) is 6.83. The van der Waals surface area contributed by atoms with Crippen molar-refractivity contribution in [1.82, 2.24) is 4.90 Å². The van der Waals surface area contributed by atoms with Crippen LogP contribution in [0, 0.1) is 6.57 Å². The molecular formula is C19H12N2O3S2. The first-order chi connectivity index (χ1) is 12.6. The lowest BCUT2D eigenvalue weighted by atomic mass is 10.1. The van der Waals surface area contributed by atoms with Gasteiger partial charge in [0, 0.05) is 0 Å². The Morgan fingerprint density at radius 3 is 2.73 bits per heavy atom. The second-order valence-corrected chi connectivity index (χ2v) is 7.33. The Balaban J connectivity index is 1.53. The predicted octanol–water partition coefficient (Wildman–Crippen LogP) is 4.37. The molecular weight excluding hydrogens is 368 g/mol. The zero-order valence-corrected chi connectivity index (χ0v) is 15.1. The highest BCUT2D eigenvalue weighted by atomic mass is 32.2. The SMILES string of the molecule is [C-]#[N+]c1ccc(/C=C2\SC(=S)N(Cc3ccc4c(c3)OCO4)C2=O)cc1. The molecule has 2 aromatic rings. The van der Waals surface area contributed by atoms with Gasteiger partial charge in [0.25, 0.3) is 5.91 Å². The van der Waals surface area contributed by atoms with Gasteiger partial charge in [-0.3, -0.25) is 9.69 Å². The Labute approximate surface area is 160 Å². The number of thioether (sulfide) groups is 1. The standard InChI is InChI=1S/C19H12N2O3S2/c1-20-14-5-2-12(3-6-14)9-17-18(22)21(19(25)26-17)10-13-4-7-15-16(8-13)24-11-23-15/h2-9H,10-11H2/b17-9-. The fourth-order valence-corrected chi connectivity index (χ4v) is 3.91. The fourth-order valence-electron chi connectivity index (χ4n) is 2.65. The van der Waals surface area contributed by atoms with Gasteiger partial charge in [-0.05, 0) is 29.3 Å². The van der Waals surface area contributed by atoms with Crippen molar-refractivity contribution >= 4 is 46.0 Å². The summed E-state index contributed by atoms with van der Waals surface area (Å²) >= 11 is 6.66. The minimum atomic E-state index is -0.119. The minimum absolute atomic E-state index is 0.119. The van der Waals surface area contributed by atoms with E-state index in [2.05, 4.69) is 4.85 Å². The van der Waals surface area contributed by atoms with E-state index in [0.717, 1.165) is 11.1 Å². The van der Waals surface area contributed by atoms with E-state index >= 15 is 0 Å². The Morgan fingerprint density at radius 1 is 1.19 bits per heavy atom. The van der Waals surface area contributed by atoms with Crippen LogP contribution in [0.15, 0.2) is 47.4 Å². The molecule has 0 bridgehead atoms. The number of rotatable bonds is 3. The van der Waals surface area contributed by atoms with Gasteiger partial charge >= 0.3 is 0 Å². The van der Waals surface area contributed by atoms with E-state index in [1.54, 1.807) is 23.1 Å². The average Bonchev–Trinajstić information content (AvgIpc) is 3.22. The lowest BCUT2D eigenvalue weighted by Gasteiger charge is -2.14. The third kappa shape index (κ3) is 3.17. The van der Waals surface area contributed by atoms with Crippen LogP contribution in [0.25, 0.3) is 10.9 Å². The van der Waals surface area contributed by atoms with Gasteiger partial charge < -0.3 is 9.47 Å². The predicted molar refractivity (Wildman–Crippen MR) is 104 cm³/mol. The van der Waals surface area contributed by atoms with E-state index in [1.807, 2.05) is 30.3 Å². The van der Waals surface area contributed by atoms with Crippen LogP contribution >= 0.6 is 24.0 Å². The zero-order valence-electron chi connectivity index (χ0n) is 13.5. The molecule has 1 saturated heterocycles. The number of carbonyl (C=O) groups excluding carboxylic acids is 1. The van der Waals surface area contributed by atoms with E-state index in [9.17, 15) is 4.79 Å². The van der Waals surface area contributed by atoms with Crippen LogP contribution in [-0.2, 0) is 11.3 Å². The molecule has 2 aromatic carbocycles. The molecule has 0 N–H and O–H groups in total. The summed E-state index contributed by atoms with van der Waals surface area (Å²) in [6, 6.07) is 12.7. The van der Waals surface area contributed by atoms with Crippen LogP contribution in [0.1, 0.15) is 11.1 Å². The third-order valence-electron chi connectivity index (χ3n) is 3.97. The number of benzene rings is 2. The summed E-state index contributed by atoms with van der Waals surface area (Å²) in [6.45, 7) is 7.59. The smallest absolute Gasteiger partial charge is 0.266 e. The monoisotopic (exact) mass is 380 g/mol. The van der Waals surface area contributed by atoms with Crippen molar-refractivity contribution in [1.29, 1.82) is 0 Å². The summed E-state index contributed by atoms with van der Waals surface area (Å²) in [6.07, 6.45) is 1.80. The lowest BCUT2D eigenvalue weighted by Crippen LogP contribution is -2.27. The third-order valence-corrected chi connectivity index (χ3v) is 5.35. The first kappa shape index (κ1) is 16.6. The van der Waals surface area contributed by atoms with Gasteiger partial charge in [0.05, 0.1) is 18.0 Å². The van der Waals surface area contributed by atoms with Crippen molar-refractivity contribution in [3.8, 4) is 11.5 Å². The van der Waals surface area contributed by atoms with E-state index < -0.39 is 0 Å². The number of thiocarbonyl (C=S) groups is 1. The number of hydrogen-bond donors (Lipinski definition) is 0. The molecule has 5 nitrogen and oxygen atoms in total. The van der Waals surface area contributed by atoms with Crippen molar-refractivity contribution in [2.24, 2.45) is 0 Å². The molecule has 4 rings (SSSR count). The zero-order chi connectivity index (χ0) is 18.1. The lowest BCUT2D eigenvalue weighted by molar-refractivity contribution is -0.122. The molecule has 0 radical (unpaired) electrons. The maximum Gasteiger partial charge on any atom is 0.266 e. The van der Waals surface area contributed by atoms with E-state index in [0.29, 0.717) is 33.0 Å². The summed E-state index contributed by atoms with van der Waals surface area (Å²) in [5, 5.41) is 0. The fraction of sp³-hybridized carbons (Fsp3) is 0.105. The van der Waals surface area contributed by atoms with Crippen molar-refractivity contribution in [2.45, 2.75) is 6.54 Å². The number of amides is 1. The van der Waals surface area contributed by atoms with Gasteiger partial charge in [0.1, 0.15) is 4.32 Å². The Kier molecular flexibility index (Phi) is 4.37. The molecule has 0 saturated carbocycles. The molecule has 0 aromatic heterocycles. The largest absolute Gasteiger partial charge is 0.454 e. The highest BCUT2D eigenvalue weighted by molar-refractivity contribution is 8.26. The van der Waals surface area contributed by atoms with Crippen molar-refractivity contribution in [3.63, 3.8) is 0 Å². The molecule has 2 aliphatic heterocycles. The second-order valence-electron chi connectivity index (χ2n) is 5.66. The molecule has 7 heteroatoms. The van der Waals surface area contributed by atoms with Gasteiger partial charge in [0.2, 0.25) is 6.79 Å². The van der Waals surface area contributed by atoms with E-state index in [4.69, 9.17) is 28.3 Å². The van der Waals surface area contributed by atoms with Crippen LogP contribution in [0.3, 0.4) is 0 Å². The normalized spacial score (nSPS) is 17.0. The summed E-state index contributed by atoms with van der Waals surface area (Å²) in [7, 11) is 0. The maximum absolute atomic E-state index is 12.7. The number of hydrogen-bond acceptors (Lipinski definition) is 5. The minimum Gasteiger partial charge on any atom is -0.454 e. The molecule has 0 unspecified atom stereocenters. The van der Waals surface area contributed by atoms with Gasteiger partial charge in [-0.25, -0.2) is 4.85 Å². The summed E-state index contributed by atoms with van der Waals surface area (Å²) < 4.78 is 11.2. The molecule has 26 heavy (non-hydrogen) atoms. The Bertz CT molecular complexity index is 977. The first-order valence-corrected chi connectivity index (χ1v) is 8.98. The van der Waals surface area contributed by atoms with Crippen molar-refractivity contribution < 1.29 is 14.3 Å². The molecule has 0 spiro atoms. The average molecular weight is 380 g/mol. The number of carbonyl (C=O) groups is 1. The van der Waals surface area contributed by atoms with E-state index in [1.165, 1.54) is 11.8 Å². The number of fused-ring (bicyclic) bond motifs is 1. The van der Waals surface area contributed by atoms with Crippen molar-refractivity contribution in [2.75, 3.05) is 6.79 Å². The van der Waals surface area contributed by atoms with Crippen LogP contribution in [0.2, 0.25) is 0 Å². The molecule has 2 heterocycles. The van der Waals surface area contributed by atoms with Gasteiger partial charge in [-0.15, -0.1) is 0 Å². The molecule has 1 fully saturated rings. The highest BCUT2D eigenvalue weighted by Crippen LogP contribution is 2.36. The van der Waals surface area contributed by atoms with Gasteiger partial charge in [-0.1, -0.05) is 54.3 Å². The summed E-state index contributed by atoms with van der Waals surface area (Å²) in [5.74, 6) is 1.28. The number of nitrogens with zero attached hydrogens (tertiary/aromatic N) is 2. The van der Waals surface area contributed by atoms with E-state index in [-0.39, 0.29) is 12.7 Å². The summed E-state index contributed by atoms with van der Waals surface area (Å²) in [4.78, 5) is 18.2. The van der Waals surface area contributed by atoms with Gasteiger partial charge in [0.15, 0.2) is 17.2 Å². The highest BCUT2D eigenvalue weighted by Gasteiger charge is 2.32. The maximum atomic E-state index is 12.7. The molecule has 128 valence electrons. The quantitative estimate of drug-likeness (QED) is 0.449. The molecule has 2 aliphatic rings. The number of ether oxygens (including phenoxy) is 2. The Hall–Kier alpha value is -2.82. The van der Waals surface area contributed by atoms with Crippen LogP contribution in [0.4, 0.5) is 5.69 Å². The molecule has 1 amide bonds. The Morgan fingerprint density at radius 2 is 1.96 bits per heavy atom. The van der Waals surface area contributed by atoms with Crippen molar-refractivity contribution in [3.05, 3.63) is 69.9 Å². The topological polar surface area (TPSA) is 43.1 Å². The molecule has 0 atom stereocenters. The van der Waals surface area contributed by atoms with Crippen LogP contribution in [0.5, 0.6) is 11.5 Å². The van der Waals surface area contributed by atoms with Gasteiger partial charge in [-0.2, -0.15) is 0 Å². The van der Waals surface area contributed by atoms with Crippen LogP contribution < -0.4 is 9.47 Å².